The number of phenols is 2. The number of aromatic hydroxyl groups is 2. The number of methoxy groups -OCH3 is 2. The second-order valence-electron chi connectivity index (χ2n) is 14.3. The van der Waals surface area contributed by atoms with Gasteiger partial charge in [0, 0.05) is 37.4 Å². The fourth-order valence-electron chi connectivity index (χ4n) is 7.96. The van der Waals surface area contributed by atoms with Crippen molar-refractivity contribution >= 4 is 22.8 Å². The molecule has 0 bridgehead atoms. The molecule has 3 atom stereocenters. The molecule has 1 aromatic heterocycles. The van der Waals surface area contributed by atoms with Crippen molar-refractivity contribution in [2.75, 3.05) is 20.8 Å². The average molecular weight is 743 g/mol. The molecule has 0 spiro atoms. The normalized spacial score (nSPS) is 14.0. The van der Waals surface area contributed by atoms with Crippen molar-refractivity contribution in [1.82, 2.24) is 4.98 Å². The number of ketones is 1. The Balaban J connectivity index is 1.34. The minimum absolute atomic E-state index is 0.0248. The largest absolute Gasteiger partial charge is 0.670 e. The molecular formula is C46H50N2O7. The van der Waals surface area contributed by atoms with E-state index in [0.29, 0.717) is 50.0 Å². The molecule has 55 heavy (non-hydrogen) atoms. The van der Waals surface area contributed by atoms with E-state index in [0.717, 1.165) is 61.7 Å². The molecule has 4 aromatic carbocycles. The zero-order valence-corrected chi connectivity index (χ0v) is 31.7. The van der Waals surface area contributed by atoms with E-state index >= 15 is 0 Å². The Morgan fingerprint density at radius 2 is 1.69 bits per heavy atom. The van der Waals surface area contributed by atoms with E-state index in [1.807, 2.05) is 24.3 Å². The fourth-order valence-corrected chi connectivity index (χ4v) is 7.96. The highest BCUT2D eigenvalue weighted by Crippen LogP contribution is 2.39. The number of carbonyl (C=O) groups excluding carboxylic acids is 1. The quantitative estimate of drug-likeness (QED) is 0.0660. The first kappa shape index (κ1) is 39.2. The molecule has 0 fully saturated rings. The monoisotopic (exact) mass is 742 g/mol. The second-order valence-corrected chi connectivity index (χ2v) is 14.3. The average Bonchev–Trinajstić information content (AvgIpc) is 3.91. The molecule has 4 N–H and O–H groups in total. The number of benzene rings is 4. The molecule has 0 saturated heterocycles. The summed E-state index contributed by atoms with van der Waals surface area (Å²) in [4.78, 5) is 22.7. The smallest absolute Gasteiger partial charge is 0.176 e. The molecule has 0 radical (unpaired) electrons. The lowest BCUT2D eigenvalue weighted by Gasteiger charge is -2.27. The molecule has 9 nitrogen and oxygen atoms in total. The molecule has 0 saturated carbocycles. The molecule has 2 heterocycles. The van der Waals surface area contributed by atoms with E-state index in [4.69, 9.17) is 9.47 Å². The molecule has 0 amide bonds. The van der Waals surface area contributed by atoms with Crippen molar-refractivity contribution in [3.63, 3.8) is 0 Å². The first-order valence-electron chi connectivity index (χ1n) is 18.9. The van der Waals surface area contributed by atoms with Crippen molar-refractivity contribution in [2.45, 2.75) is 64.4 Å². The zero-order chi connectivity index (χ0) is 38.9. The van der Waals surface area contributed by atoms with Crippen LogP contribution in [0.15, 0.2) is 95.8 Å². The topological polar surface area (TPSA) is 143 Å². The Morgan fingerprint density at radius 3 is 2.40 bits per heavy atom. The van der Waals surface area contributed by atoms with Crippen LogP contribution in [0, 0.1) is 18.4 Å². The van der Waals surface area contributed by atoms with Crippen LogP contribution in [0.5, 0.6) is 23.0 Å². The molecule has 286 valence electrons. The maximum absolute atomic E-state index is 14.3. The Bertz CT molecular complexity index is 2150. The van der Waals surface area contributed by atoms with E-state index in [9.17, 15) is 25.2 Å². The molecular weight excluding hydrogens is 693 g/mol. The van der Waals surface area contributed by atoms with Crippen LogP contribution in [0.2, 0.25) is 0 Å². The van der Waals surface area contributed by atoms with Gasteiger partial charge in [0.1, 0.15) is 17.9 Å². The van der Waals surface area contributed by atoms with Crippen LogP contribution >= 0.6 is 0 Å². The van der Waals surface area contributed by atoms with Gasteiger partial charge in [-0.3, -0.25) is 4.79 Å². The van der Waals surface area contributed by atoms with Crippen molar-refractivity contribution in [1.29, 1.82) is 0 Å². The number of hydrogen-bond donors (Lipinski definition) is 4. The summed E-state index contributed by atoms with van der Waals surface area (Å²) in [6.45, 7) is 3.85. The summed E-state index contributed by atoms with van der Waals surface area (Å²) in [6.07, 6.45) is 9.62. The minimum Gasteiger partial charge on any atom is -0.670 e. The number of ether oxygens (including phenoxy) is 2. The van der Waals surface area contributed by atoms with Gasteiger partial charge in [-0.25, -0.2) is 0 Å². The van der Waals surface area contributed by atoms with Gasteiger partial charge in [0.2, 0.25) is 0 Å². The Morgan fingerprint density at radius 1 is 0.873 bits per heavy atom. The van der Waals surface area contributed by atoms with Crippen molar-refractivity contribution < 1.29 is 34.7 Å². The van der Waals surface area contributed by atoms with Gasteiger partial charge in [-0.05, 0) is 94.8 Å². The van der Waals surface area contributed by atoms with Gasteiger partial charge in [-0.15, -0.1) is 4.99 Å². The van der Waals surface area contributed by atoms with E-state index in [-0.39, 0.29) is 36.2 Å². The predicted octanol–water partition coefficient (Wildman–Crippen LogP) is 7.06. The summed E-state index contributed by atoms with van der Waals surface area (Å²) >= 11 is 0. The Kier molecular flexibility index (Phi) is 13.0. The Labute approximate surface area is 323 Å². The van der Waals surface area contributed by atoms with Crippen LogP contribution in [0.25, 0.3) is 10.8 Å². The third kappa shape index (κ3) is 9.24. The molecule has 5 aromatic rings. The number of aryl methyl sites for hydroxylation is 1. The third-order valence-corrected chi connectivity index (χ3v) is 10.8. The number of fused-ring (bicyclic) bond motifs is 1. The lowest BCUT2D eigenvalue weighted by Crippen LogP contribution is -2.31. The number of aliphatic hydroxyl groups excluding tert-OH is 2. The number of phenolic OH excluding ortho intramolecular Hbond substituents is 2. The van der Waals surface area contributed by atoms with Gasteiger partial charge in [-0.1, -0.05) is 61.0 Å². The number of aliphatic imine (C=N–C) groups is 1. The molecule has 6 rings (SSSR count). The first-order valence-corrected chi connectivity index (χ1v) is 18.9. The van der Waals surface area contributed by atoms with E-state index in [1.54, 1.807) is 56.5 Å². The van der Waals surface area contributed by atoms with E-state index in [1.165, 1.54) is 7.11 Å². The number of nitrogens with zero attached hydrogens (tertiary/aromatic N) is 2. The maximum Gasteiger partial charge on any atom is 0.176 e. The van der Waals surface area contributed by atoms with Crippen LogP contribution in [-0.4, -0.2) is 59.4 Å². The number of Topliss-reactive ketones (excluding diaryl/α,β-unsaturated/α-hetero) is 1. The summed E-state index contributed by atoms with van der Waals surface area (Å²) in [5, 5.41) is 45.5. The van der Waals surface area contributed by atoms with Crippen molar-refractivity contribution in [3.8, 4) is 23.0 Å². The Hall–Kier alpha value is -5.51. The minimum atomic E-state index is -0.996. The molecule has 1 aliphatic heterocycles. The van der Waals surface area contributed by atoms with Crippen LogP contribution in [0.3, 0.4) is 0 Å². The van der Waals surface area contributed by atoms with E-state index in [2.05, 4.69) is 41.2 Å². The lowest BCUT2D eigenvalue weighted by atomic mass is 9.80. The van der Waals surface area contributed by atoms with Gasteiger partial charge in [0.25, 0.3) is 0 Å². The standard InChI is InChI=1S/C46H50N2O7/c1-4-32-9-10-33-6-5-7-34(16-19-49)45(33)38(32)25-39-35(11-13-41(51)46(39)55-3)24-37(22-31-15-18-48-28-31)43(53)26-42(52)36(21-30-14-17-47-27-30)20-29-8-12-40(50)44(23-29)54-2/h5-15,17-18,23,27-28,36-37,43,49-51,53H,4,16,19-22,24-26H2,1-3H3. The molecule has 9 heteroatoms. The number of carbonyl (C=O) groups is 1. The van der Waals surface area contributed by atoms with Gasteiger partial charge < -0.3 is 34.9 Å². The highest BCUT2D eigenvalue weighted by atomic mass is 16.5. The van der Waals surface area contributed by atoms with Gasteiger partial charge >= 0.3 is 0 Å². The molecule has 1 aliphatic rings. The first-order chi connectivity index (χ1) is 26.7. The SMILES string of the molecule is CCc1ccc2cccc(CCO)c2c1Cc1c(CC(Cc2cc[n-]c2)C(O)CC(=O)C(CC2=C[CH+]N=C2)Cc2ccc(O)c(OC)c2)ccc(O)c1OC. The molecule has 3 unspecified atom stereocenters. The van der Waals surface area contributed by atoms with E-state index < -0.39 is 12.0 Å². The van der Waals surface area contributed by atoms with Gasteiger partial charge in [0.15, 0.2) is 29.2 Å². The van der Waals surface area contributed by atoms with Gasteiger partial charge in [0.05, 0.1) is 26.4 Å². The summed E-state index contributed by atoms with van der Waals surface area (Å²) in [7, 11) is 3.04. The number of hydrogen-bond acceptors (Lipinski definition) is 8. The lowest BCUT2D eigenvalue weighted by molar-refractivity contribution is -0.125. The van der Waals surface area contributed by atoms with Crippen LogP contribution < -0.4 is 14.5 Å². The van der Waals surface area contributed by atoms with Gasteiger partial charge in [-0.2, -0.15) is 12.4 Å². The van der Waals surface area contributed by atoms with Crippen LogP contribution in [0.4, 0.5) is 0 Å². The highest BCUT2D eigenvalue weighted by Gasteiger charge is 2.31. The number of rotatable bonds is 19. The summed E-state index contributed by atoms with van der Waals surface area (Å²) < 4.78 is 11.2. The number of allylic oxidation sites excluding steroid dienone is 1. The number of aliphatic hydroxyl groups is 2. The summed E-state index contributed by atoms with van der Waals surface area (Å²) in [5.41, 5.74) is 7.77. The van der Waals surface area contributed by atoms with Crippen LogP contribution in [-0.2, 0) is 43.3 Å². The summed E-state index contributed by atoms with van der Waals surface area (Å²) in [6, 6.07) is 21.0. The maximum atomic E-state index is 14.3. The number of aromatic nitrogens is 1. The van der Waals surface area contributed by atoms with Crippen molar-refractivity contribution in [2.24, 2.45) is 16.8 Å². The molecule has 0 aliphatic carbocycles. The fraction of sp³-hybridized carbons (Fsp3) is 0.326. The highest BCUT2D eigenvalue weighted by molar-refractivity contribution is 5.90. The van der Waals surface area contributed by atoms with Crippen molar-refractivity contribution in [3.05, 3.63) is 136 Å². The second kappa shape index (κ2) is 18.2. The van der Waals surface area contributed by atoms with Crippen LogP contribution in [0.1, 0.15) is 58.7 Å². The predicted molar refractivity (Wildman–Crippen MR) is 215 cm³/mol. The summed E-state index contributed by atoms with van der Waals surface area (Å²) in [5.74, 6) is -0.140. The third-order valence-electron chi connectivity index (χ3n) is 10.8. The zero-order valence-electron chi connectivity index (χ0n) is 31.7.